The molecule has 6 heteroatoms. The number of aryl methyl sites for hydroxylation is 1. The number of anilines is 1. The summed E-state index contributed by atoms with van der Waals surface area (Å²) < 4.78 is 21.8. The van der Waals surface area contributed by atoms with E-state index in [1.54, 1.807) is 26.4 Å². The number of benzene rings is 2. The summed E-state index contributed by atoms with van der Waals surface area (Å²) >= 11 is 0. The first-order valence-corrected chi connectivity index (χ1v) is 7.96. The van der Waals surface area contributed by atoms with Crippen molar-refractivity contribution >= 4 is 11.6 Å². The molecule has 0 fully saturated rings. The minimum atomic E-state index is -0.308. The molecule has 0 aliphatic rings. The van der Waals surface area contributed by atoms with E-state index in [0.717, 1.165) is 5.56 Å². The highest BCUT2D eigenvalue weighted by atomic mass is 16.5. The van der Waals surface area contributed by atoms with Gasteiger partial charge < -0.3 is 24.3 Å². The average Bonchev–Trinajstić information content (AvgIpc) is 2.61. The normalized spacial score (nSPS) is 10.1. The van der Waals surface area contributed by atoms with E-state index in [1.165, 1.54) is 0 Å². The van der Waals surface area contributed by atoms with Gasteiger partial charge in [-0.15, -0.1) is 0 Å². The van der Waals surface area contributed by atoms with Gasteiger partial charge in [0.05, 0.1) is 26.5 Å². The number of carbonyl (C=O) groups excluding carboxylic acids is 1. The van der Waals surface area contributed by atoms with E-state index in [4.69, 9.17) is 18.9 Å². The van der Waals surface area contributed by atoms with Gasteiger partial charge in [0, 0.05) is 0 Å². The maximum Gasteiger partial charge on any atom is 0.262 e. The zero-order chi connectivity index (χ0) is 18.2. The van der Waals surface area contributed by atoms with Gasteiger partial charge in [-0.2, -0.15) is 0 Å². The third-order valence-electron chi connectivity index (χ3n) is 3.41. The summed E-state index contributed by atoms with van der Waals surface area (Å²) in [6.45, 7) is 4.14. The monoisotopic (exact) mass is 345 g/mol. The smallest absolute Gasteiger partial charge is 0.262 e. The van der Waals surface area contributed by atoms with Gasteiger partial charge in [0.2, 0.25) is 5.75 Å². The Kier molecular flexibility index (Phi) is 6.51. The summed E-state index contributed by atoms with van der Waals surface area (Å²) in [4.78, 5) is 12.2. The van der Waals surface area contributed by atoms with Crippen LogP contribution in [0.2, 0.25) is 0 Å². The standard InChI is InChI=1S/C19H23NO5/c1-5-24-15-9-7-6-8-14(15)20-18(21)12-25-19-16(22-3)10-13(2)11-17(19)23-4/h6-11H,5,12H2,1-4H3,(H,20,21). The maximum absolute atomic E-state index is 12.2. The van der Waals surface area contributed by atoms with Gasteiger partial charge >= 0.3 is 0 Å². The molecular formula is C19H23NO5. The number of carbonyl (C=O) groups is 1. The van der Waals surface area contributed by atoms with Crippen LogP contribution in [0.5, 0.6) is 23.0 Å². The predicted octanol–water partition coefficient (Wildman–Crippen LogP) is 3.43. The van der Waals surface area contributed by atoms with Crippen LogP contribution in [0.3, 0.4) is 0 Å². The molecule has 0 saturated carbocycles. The lowest BCUT2D eigenvalue weighted by molar-refractivity contribution is -0.118. The highest BCUT2D eigenvalue weighted by Crippen LogP contribution is 2.38. The van der Waals surface area contributed by atoms with Gasteiger partial charge in [0.25, 0.3) is 5.91 Å². The van der Waals surface area contributed by atoms with E-state index in [-0.39, 0.29) is 12.5 Å². The summed E-state index contributed by atoms with van der Waals surface area (Å²) in [6.07, 6.45) is 0. The third kappa shape index (κ3) is 4.79. The Morgan fingerprint density at radius 3 is 2.24 bits per heavy atom. The molecule has 0 atom stereocenters. The second kappa shape index (κ2) is 8.82. The Hall–Kier alpha value is -2.89. The van der Waals surface area contributed by atoms with Gasteiger partial charge in [-0.25, -0.2) is 0 Å². The summed E-state index contributed by atoms with van der Waals surface area (Å²) in [6, 6.07) is 10.9. The van der Waals surface area contributed by atoms with Gasteiger partial charge in [-0.05, 0) is 43.7 Å². The molecule has 2 rings (SSSR count). The van der Waals surface area contributed by atoms with Crippen molar-refractivity contribution in [2.24, 2.45) is 0 Å². The molecule has 0 bridgehead atoms. The van der Waals surface area contributed by atoms with Crippen LogP contribution in [-0.4, -0.2) is 33.3 Å². The van der Waals surface area contributed by atoms with Crippen LogP contribution in [0.25, 0.3) is 0 Å². The van der Waals surface area contributed by atoms with Crippen LogP contribution in [0.4, 0.5) is 5.69 Å². The third-order valence-corrected chi connectivity index (χ3v) is 3.41. The fraction of sp³-hybridized carbons (Fsp3) is 0.316. The SMILES string of the molecule is CCOc1ccccc1NC(=O)COc1c(OC)cc(C)cc1OC. The first-order valence-electron chi connectivity index (χ1n) is 7.96. The zero-order valence-corrected chi connectivity index (χ0v) is 14.9. The topological polar surface area (TPSA) is 66.0 Å². The number of para-hydroxylation sites is 2. The molecule has 0 radical (unpaired) electrons. The van der Waals surface area contributed by atoms with Crippen LogP contribution >= 0.6 is 0 Å². The number of hydrogen-bond donors (Lipinski definition) is 1. The lowest BCUT2D eigenvalue weighted by Crippen LogP contribution is -2.21. The van der Waals surface area contributed by atoms with E-state index in [9.17, 15) is 4.79 Å². The molecule has 0 unspecified atom stereocenters. The molecule has 2 aromatic rings. The molecule has 2 aromatic carbocycles. The Balaban J connectivity index is 2.08. The van der Waals surface area contributed by atoms with Gasteiger partial charge in [0.15, 0.2) is 18.1 Å². The van der Waals surface area contributed by atoms with Gasteiger partial charge in [-0.1, -0.05) is 12.1 Å². The number of nitrogens with one attached hydrogen (secondary N) is 1. The van der Waals surface area contributed by atoms with Crippen LogP contribution in [-0.2, 0) is 4.79 Å². The lowest BCUT2D eigenvalue weighted by atomic mass is 10.2. The predicted molar refractivity (Wildman–Crippen MR) is 96.0 cm³/mol. The molecule has 134 valence electrons. The van der Waals surface area contributed by atoms with Crippen molar-refractivity contribution in [3.05, 3.63) is 42.0 Å². The lowest BCUT2D eigenvalue weighted by Gasteiger charge is -2.15. The number of rotatable bonds is 8. The molecule has 0 aromatic heterocycles. The average molecular weight is 345 g/mol. The largest absolute Gasteiger partial charge is 0.493 e. The summed E-state index contributed by atoms with van der Waals surface area (Å²) in [5, 5.41) is 2.78. The molecular weight excluding hydrogens is 322 g/mol. The van der Waals surface area contributed by atoms with Crippen molar-refractivity contribution in [2.45, 2.75) is 13.8 Å². The molecule has 0 heterocycles. The van der Waals surface area contributed by atoms with Crippen LogP contribution in [0.1, 0.15) is 12.5 Å². The molecule has 0 saturated heterocycles. The van der Waals surface area contributed by atoms with Crippen LogP contribution in [0, 0.1) is 6.92 Å². The van der Waals surface area contributed by atoms with Crippen LogP contribution in [0.15, 0.2) is 36.4 Å². The van der Waals surface area contributed by atoms with E-state index in [2.05, 4.69) is 5.32 Å². The first-order chi connectivity index (χ1) is 12.1. The van der Waals surface area contributed by atoms with Gasteiger partial charge in [-0.3, -0.25) is 4.79 Å². The van der Waals surface area contributed by atoms with E-state index >= 15 is 0 Å². The number of ether oxygens (including phenoxy) is 4. The fourth-order valence-corrected chi connectivity index (χ4v) is 2.33. The quantitative estimate of drug-likeness (QED) is 0.794. The number of hydrogen-bond acceptors (Lipinski definition) is 5. The number of methoxy groups -OCH3 is 2. The Morgan fingerprint density at radius 2 is 1.64 bits per heavy atom. The van der Waals surface area contributed by atoms with Crippen molar-refractivity contribution in [1.82, 2.24) is 0 Å². The minimum absolute atomic E-state index is 0.184. The van der Waals surface area contributed by atoms with Crippen molar-refractivity contribution < 1.29 is 23.7 Å². The summed E-state index contributed by atoms with van der Waals surface area (Å²) in [5.74, 6) is 1.73. The molecule has 0 aliphatic heterocycles. The molecule has 1 N–H and O–H groups in total. The second-order valence-electron chi connectivity index (χ2n) is 5.26. The highest BCUT2D eigenvalue weighted by Gasteiger charge is 2.15. The highest BCUT2D eigenvalue weighted by molar-refractivity contribution is 5.93. The fourth-order valence-electron chi connectivity index (χ4n) is 2.33. The molecule has 0 aliphatic carbocycles. The van der Waals surface area contributed by atoms with E-state index in [1.807, 2.05) is 38.1 Å². The van der Waals surface area contributed by atoms with Crippen molar-refractivity contribution in [3.8, 4) is 23.0 Å². The summed E-state index contributed by atoms with van der Waals surface area (Å²) in [7, 11) is 3.08. The Labute approximate surface area is 147 Å². The van der Waals surface area contributed by atoms with Crippen molar-refractivity contribution in [1.29, 1.82) is 0 Å². The van der Waals surface area contributed by atoms with Gasteiger partial charge in [0.1, 0.15) is 5.75 Å². The van der Waals surface area contributed by atoms with E-state index < -0.39 is 0 Å². The van der Waals surface area contributed by atoms with Crippen molar-refractivity contribution in [3.63, 3.8) is 0 Å². The first kappa shape index (κ1) is 18.4. The zero-order valence-electron chi connectivity index (χ0n) is 14.9. The van der Waals surface area contributed by atoms with Crippen LogP contribution < -0.4 is 24.3 Å². The molecule has 1 amide bonds. The second-order valence-corrected chi connectivity index (χ2v) is 5.26. The Bertz CT molecular complexity index is 704. The summed E-state index contributed by atoms with van der Waals surface area (Å²) in [5.41, 5.74) is 1.57. The minimum Gasteiger partial charge on any atom is -0.493 e. The molecule has 0 spiro atoms. The number of amides is 1. The van der Waals surface area contributed by atoms with E-state index in [0.29, 0.717) is 35.3 Å². The maximum atomic E-state index is 12.2. The molecule has 25 heavy (non-hydrogen) atoms. The van der Waals surface area contributed by atoms with Crippen molar-refractivity contribution in [2.75, 3.05) is 32.8 Å². The Morgan fingerprint density at radius 1 is 1.00 bits per heavy atom. The molecule has 6 nitrogen and oxygen atoms in total.